The molecule has 5 rings (SSSR count). The Morgan fingerprint density at radius 3 is 2.70 bits per heavy atom. The molecule has 1 amide bonds. The van der Waals surface area contributed by atoms with Crippen molar-refractivity contribution in [2.75, 3.05) is 6.54 Å². The number of imidazole rings is 1. The lowest BCUT2D eigenvalue weighted by Gasteiger charge is -2.11. The molecule has 188 valence electrons. The van der Waals surface area contributed by atoms with Crippen molar-refractivity contribution in [3.63, 3.8) is 0 Å². The van der Waals surface area contributed by atoms with Crippen LogP contribution in [0.1, 0.15) is 28.8 Å². The number of aryl methyl sites for hydroxylation is 1. The molecule has 3 N–H and O–H groups in total. The van der Waals surface area contributed by atoms with E-state index < -0.39 is 18.4 Å². The number of halogens is 2. The van der Waals surface area contributed by atoms with E-state index in [4.69, 9.17) is 21.1 Å². The van der Waals surface area contributed by atoms with Crippen molar-refractivity contribution < 1.29 is 19.1 Å². The smallest absolute Gasteiger partial charge is 0.322 e. The molecule has 0 aliphatic rings. The Kier molecular flexibility index (Phi) is 6.76. The summed E-state index contributed by atoms with van der Waals surface area (Å²) in [5.41, 5.74) is 3.19. The van der Waals surface area contributed by atoms with E-state index in [2.05, 4.69) is 46.9 Å². The van der Waals surface area contributed by atoms with Crippen molar-refractivity contribution in [2.45, 2.75) is 19.9 Å². The van der Waals surface area contributed by atoms with Crippen molar-refractivity contribution in [2.24, 2.45) is 0 Å². The number of rotatable bonds is 8. The number of aliphatic carboxylic acids is 1. The van der Waals surface area contributed by atoms with Crippen LogP contribution in [0.15, 0.2) is 51.4 Å². The third-order valence-corrected chi connectivity index (χ3v) is 6.78. The van der Waals surface area contributed by atoms with Crippen molar-refractivity contribution in [3.05, 3.63) is 69.2 Å². The summed E-state index contributed by atoms with van der Waals surface area (Å²) in [6.07, 6.45) is 0.528. The van der Waals surface area contributed by atoms with Gasteiger partial charge in [-0.25, -0.2) is 4.98 Å². The quantitative estimate of drug-likeness (QED) is 0.244. The highest BCUT2D eigenvalue weighted by molar-refractivity contribution is 9.10. The van der Waals surface area contributed by atoms with E-state index >= 15 is 0 Å². The number of carboxylic acid groups (broad SMARTS) is 1. The van der Waals surface area contributed by atoms with Crippen molar-refractivity contribution in [3.8, 4) is 22.7 Å². The molecule has 13 heteroatoms. The van der Waals surface area contributed by atoms with Gasteiger partial charge >= 0.3 is 5.97 Å². The Morgan fingerprint density at radius 1 is 1.22 bits per heavy atom. The number of carbonyl (C=O) groups is 2. The van der Waals surface area contributed by atoms with Gasteiger partial charge in [0.25, 0.3) is 5.91 Å². The summed E-state index contributed by atoms with van der Waals surface area (Å²) in [4.78, 5) is 27.9. The molecular weight excluding hydrogens is 566 g/mol. The lowest BCUT2D eigenvalue weighted by molar-refractivity contribution is -0.135. The molecule has 0 spiro atoms. The number of aromatic nitrogens is 6. The first kappa shape index (κ1) is 24.7. The summed E-state index contributed by atoms with van der Waals surface area (Å²) in [5, 5.41) is 26.4. The van der Waals surface area contributed by atoms with Crippen LogP contribution >= 0.6 is 27.5 Å². The monoisotopic (exact) mass is 583 g/mol. The Balaban J connectivity index is 1.53. The molecule has 37 heavy (non-hydrogen) atoms. The van der Waals surface area contributed by atoms with E-state index in [-0.39, 0.29) is 10.8 Å². The van der Waals surface area contributed by atoms with E-state index in [1.54, 1.807) is 4.57 Å². The van der Waals surface area contributed by atoms with Gasteiger partial charge in [-0.1, -0.05) is 48.9 Å². The van der Waals surface area contributed by atoms with Crippen LogP contribution in [0.2, 0.25) is 5.15 Å². The number of hydrogen-bond donors (Lipinski definition) is 3. The minimum atomic E-state index is -1.15. The molecule has 0 saturated carbocycles. The first-order chi connectivity index (χ1) is 17.9. The second-order valence-electron chi connectivity index (χ2n) is 8.04. The molecule has 2 aromatic carbocycles. The van der Waals surface area contributed by atoms with Crippen molar-refractivity contribution in [1.29, 1.82) is 0 Å². The maximum atomic E-state index is 12.7. The molecule has 0 aliphatic carbocycles. The molecule has 11 nitrogen and oxygen atoms in total. The van der Waals surface area contributed by atoms with E-state index in [0.29, 0.717) is 36.0 Å². The third-order valence-electron chi connectivity index (χ3n) is 5.73. The molecule has 0 bridgehead atoms. The highest BCUT2D eigenvalue weighted by atomic mass is 79.9. The van der Waals surface area contributed by atoms with E-state index in [1.807, 2.05) is 49.4 Å². The average Bonchev–Trinajstić information content (AvgIpc) is 3.61. The number of furan rings is 1. The maximum Gasteiger partial charge on any atom is 0.322 e. The van der Waals surface area contributed by atoms with Crippen LogP contribution in [0.4, 0.5) is 0 Å². The first-order valence-electron chi connectivity index (χ1n) is 11.2. The highest BCUT2D eigenvalue weighted by Crippen LogP contribution is 2.41. The number of nitrogens with one attached hydrogen (secondary N) is 2. The van der Waals surface area contributed by atoms with Gasteiger partial charge in [0.15, 0.2) is 5.15 Å². The van der Waals surface area contributed by atoms with Crippen LogP contribution in [0, 0.1) is 0 Å². The first-order valence-corrected chi connectivity index (χ1v) is 12.3. The zero-order valence-electron chi connectivity index (χ0n) is 19.3. The molecule has 3 heterocycles. The van der Waals surface area contributed by atoms with Gasteiger partial charge < -0.3 is 19.4 Å². The van der Waals surface area contributed by atoms with E-state index in [0.717, 1.165) is 26.5 Å². The topological polar surface area (TPSA) is 152 Å². The second-order valence-corrected chi connectivity index (χ2v) is 9.19. The summed E-state index contributed by atoms with van der Waals surface area (Å²) >= 11 is 9.97. The molecule has 0 saturated heterocycles. The zero-order valence-corrected chi connectivity index (χ0v) is 21.7. The van der Waals surface area contributed by atoms with Gasteiger partial charge in [-0.05, 0) is 38.8 Å². The third kappa shape index (κ3) is 4.72. The second kappa shape index (κ2) is 10.1. The maximum absolute atomic E-state index is 12.7. The SMILES string of the molecule is CCc1nc(Cl)c(C(=O)NCC(=O)O)n1Cc1ccc2oc(-c3ccccc3-c3nn[nH]n3)c(Br)c2c1. The van der Waals surface area contributed by atoms with Gasteiger partial charge in [-0.2, -0.15) is 5.21 Å². The lowest BCUT2D eigenvalue weighted by atomic mass is 10.0. The van der Waals surface area contributed by atoms with E-state index in [9.17, 15) is 9.59 Å². The molecule has 0 atom stereocenters. The van der Waals surface area contributed by atoms with Crippen LogP contribution in [0.25, 0.3) is 33.7 Å². The van der Waals surface area contributed by atoms with Crippen molar-refractivity contribution >= 4 is 50.4 Å². The summed E-state index contributed by atoms with van der Waals surface area (Å²) in [6, 6.07) is 13.3. The van der Waals surface area contributed by atoms with Gasteiger partial charge in [0.1, 0.15) is 29.4 Å². The predicted molar refractivity (Wildman–Crippen MR) is 138 cm³/mol. The number of fused-ring (bicyclic) bond motifs is 1. The standard InChI is InChI=1S/C24H19BrClN7O4/c1-2-17-28-22(26)20(24(36)27-10-18(34)35)33(17)11-12-7-8-16-15(9-12)19(25)21(37-16)13-5-3-4-6-14(13)23-29-31-32-30-23/h3-9H,2,10-11H2,1H3,(H,27,36)(H,34,35)(H,29,30,31,32). The number of hydrogen-bond acceptors (Lipinski definition) is 7. The van der Waals surface area contributed by atoms with Crippen LogP contribution in [0.3, 0.4) is 0 Å². The van der Waals surface area contributed by atoms with Crippen molar-refractivity contribution in [1.82, 2.24) is 35.5 Å². The number of benzene rings is 2. The predicted octanol–water partition coefficient (Wildman–Crippen LogP) is 4.32. The minimum Gasteiger partial charge on any atom is -0.480 e. The molecule has 0 aliphatic heterocycles. The number of aromatic amines is 1. The number of H-pyrrole nitrogens is 1. The van der Waals surface area contributed by atoms with Gasteiger partial charge in [-0.15, -0.1) is 10.2 Å². The molecule has 0 unspecified atom stereocenters. The van der Waals surface area contributed by atoms with Crippen LogP contribution in [0.5, 0.6) is 0 Å². The van der Waals surface area contributed by atoms with Crippen LogP contribution in [-0.2, 0) is 17.8 Å². The Hall–Kier alpha value is -4.03. The molecule has 5 aromatic rings. The number of tetrazole rings is 1. The van der Waals surface area contributed by atoms with Gasteiger partial charge in [0, 0.05) is 29.5 Å². The van der Waals surface area contributed by atoms with Gasteiger partial charge in [-0.3, -0.25) is 9.59 Å². The Morgan fingerprint density at radius 2 is 2.00 bits per heavy atom. The number of amides is 1. The van der Waals surface area contributed by atoms with Gasteiger partial charge in [0.05, 0.1) is 4.47 Å². The minimum absolute atomic E-state index is 0.0191. The number of carbonyl (C=O) groups excluding carboxylic acids is 1. The van der Waals surface area contributed by atoms with Crippen LogP contribution in [-0.4, -0.2) is 53.7 Å². The fourth-order valence-corrected chi connectivity index (χ4v) is 4.97. The number of nitrogens with zero attached hydrogens (tertiary/aromatic N) is 5. The Bertz CT molecular complexity index is 1630. The largest absolute Gasteiger partial charge is 0.480 e. The molecule has 0 fully saturated rings. The zero-order chi connectivity index (χ0) is 26.1. The molecule has 3 aromatic heterocycles. The fourth-order valence-electron chi connectivity index (χ4n) is 4.08. The summed E-state index contributed by atoms with van der Waals surface area (Å²) in [6.45, 7) is 1.67. The highest BCUT2D eigenvalue weighted by Gasteiger charge is 2.23. The average molecular weight is 585 g/mol. The van der Waals surface area contributed by atoms with Crippen LogP contribution < -0.4 is 5.32 Å². The normalized spacial score (nSPS) is 11.2. The number of carboxylic acids is 1. The molecular formula is C24H19BrClN7O4. The summed E-state index contributed by atoms with van der Waals surface area (Å²) in [7, 11) is 0. The lowest BCUT2D eigenvalue weighted by Crippen LogP contribution is -2.31. The van der Waals surface area contributed by atoms with E-state index in [1.165, 1.54) is 0 Å². The summed E-state index contributed by atoms with van der Waals surface area (Å²) < 4.78 is 8.65. The fraction of sp³-hybridized carbons (Fsp3) is 0.167. The van der Waals surface area contributed by atoms with Gasteiger partial charge in [0.2, 0.25) is 5.82 Å². The summed E-state index contributed by atoms with van der Waals surface area (Å²) in [5.74, 6) is -0.0991. The molecule has 0 radical (unpaired) electrons. The Labute approximate surface area is 223 Å².